The van der Waals surface area contributed by atoms with E-state index in [0.29, 0.717) is 0 Å². The van der Waals surface area contributed by atoms with Gasteiger partial charge < -0.3 is 25.2 Å². The second kappa shape index (κ2) is 11.0. The first-order valence-corrected chi connectivity index (χ1v) is 5.50. The molecule has 0 aromatic carbocycles. The molecule has 3 N–H and O–H groups in total. The van der Waals surface area contributed by atoms with Crippen LogP contribution < -0.4 is 5.11 Å². The molecule has 124 valence electrons. The zero-order valence-corrected chi connectivity index (χ0v) is 11.8. The van der Waals surface area contributed by atoms with Gasteiger partial charge in [0.25, 0.3) is 0 Å². The monoisotopic (exact) mass is 354 g/mol. The first-order chi connectivity index (χ1) is 9.20. The summed E-state index contributed by atoms with van der Waals surface area (Å²) in [6, 6.07) is 0. The first-order valence-electron chi connectivity index (χ1n) is 5.50. The summed E-state index contributed by atoms with van der Waals surface area (Å²) < 4.78 is 0. The Morgan fingerprint density at radius 3 is 1.24 bits per heavy atom. The normalized spacial score (nSPS) is 10.2. The van der Waals surface area contributed by atoms with Gasteiger partial charge in [-0.25, -0.2) is 0 Å². The second-order valence-corrected chi connectivity index (χ2v) is 3.97. The maximum atomic E-state index is 10.5. The van der Waals surface area contributed by atoms with Gasteiger partial charge in [-0.1, -0.05) is 0 Å². The molecule has 0 radical (unpaired) electrons. The topological polar surface area (TPSA) is 159 Å². The predicted octanol–water partition coefficient (Wildman–Crippen LogP) is -3.41. The molecule has 0 aromatic rings. The van der Waals surface area contributed by atoms with Gasteiger partial charge in [0.15, 0.2) is 0 Å². The van der Waals surface area contributed by atoms with Crippen LogP contribution in [0.3, 0.4) is 0 Å². The van der Waals surface area contributed by atoms with Gasteiger partial charge in [-0.2, -0.15) is 0 Å². The number of carbonyl (C=O) groups is 4. The minimum absolute atomic E-state index is 0. The van der Waals surface area contributed by atoms with Gasteiger partial charge in [0.2, 0.25) is 0 Å². The van der Waals surface area contributed by atoms with E-state index in [1.807, 2.05) is 0 Å². The number of rotatable bonds is 11. The van der Waals surface area contributed by atoms with E-state index in [1.165, 1.54) is 0 Å². The summed E-state index contributed by atoms with van der Waals surface area (Å²) in [5, 5.41) is 36.3. The van der Waals surface area contributed by atoms with Crippen molar-refractivity contribution in [3.63, 3.8) is 0 Å². The fourth-order valence-corrected chi connectivity index (χ4v) is 1.47. The van der Waals surface area contributed by atoms with E-state index in [1.54, 1.807) is 0 Å². The van der Waals surface area contributed by atoms with Crippen LogP contribution in [0.1, 0.15) is 0 Å². The van der Waals surface area contributed by atoms with Crippen molar-refractivity contribution in [1.82, 2.24) is 9.80 Å². The third-order valence-electron chi connectivity index (χ3n) is 2.16. The van der Waals surface area contributed by atoms with Crippen molar-refractivity contribution in [2.75, 3.05) is 39.3 Å². The van der Waals surface area contributed by atoms with E-state index in [2.05, 4.69) is 0 Å². The Morgan fingerprint density at radius 1 is 0.714 bits per heavy atom. The smallest absolute Gasteiger partial charge is 0.549 e. The molecule has 10 nitrogen and oxygen atoms in total. The fraction of sp³-hybridized carbons (Fsp3) is 0.600. The molecule has 0 aliphatic carbocycles. The number of nitrogens with zero attached hydrogens (tertiary/aromatic N) is 2. The Morgan fingerprint density at radius 2 is 1.00 bits per heavy atom. The minimum Gasteiger partial charge on any atom is -0.549 e. The fourth-order valence-electron chi connectivity index (χ4n) is 1.47. The van der Waals surface area contributed by atoms with Crippen molar-refractivity contribution in [2.45, 2.75) is 0 Å². The third kappa shape index (κ3) is 13.1. The Hall–Kier alpha value is -1.68. The zero-order valence-electron chi connectivity index (χ0n) is 10.8. The van der Waals surface area contributed by atoms with Gasteiger partial charge in [-0.05, 0) is 0 Å². The van der Waals surface area contributed by atoms with Crippen LogP contribution in [0, 0.1) is 0 Å². The van der Waals surface area contributed by atoms with Crippen LogP contribution in [0.4, 0.5) is 0 Å². The molecule has 0 amide bonds. The minimum atomic E-state index is -1.48. The van der Waals surface area contributed by atoms with Crippen LogP contribution in [-0.2, 0) is 36.2 Å². The molecule has 0 rings (SSSR count). The number of carbonyl (C=O) groups excluding carboxylic acids is 1. The average Bonchev–Trinajstić information content (AvgIpc) is 2.22. The van der Waals surface area contributed by atoms with E-state index >= 15 is 0 Å². The van der Waals surface area contributed by atoms with E-state index in [4.69, 9.17) is 15.3 Å². The molecule has 0 saturated carbocycles. The Balaban J connectivity index is 0. The molecule has 21 heavy (non-hydrogen) atoms. The van der Waals surface area contributed by atoms with Gasteiger partial charge >= 0.3 is 35.0 Å². The Labute approximate surface area is 130 Å². The maximum Gasteiger partial charge on any atom is 1.00 e. The molecule has 0 bridgehead atoms. The molecule has 0 aliphatic rings. The van der Waals surface area contributed by atoms with Crippen LogP contribution in [0.15, 0.2) is 0 Å². The molecule has 0 heterocycles. The van der Waals surface area contributed by atoms with Crippen LogP contribution in [0.25, 0.3) is 0 Å². The maximum absolute atomic E-state index is 10.5. The van der Waals surface area contributed by atoms with Gasteiger partial charge in [0.05, 0.1) is 25.6 Å². The van der Waals surface area contributed by atoms with Gasteiger partial charge in [-0.15, -0.1) is 0 Å². The number of hydrogen-bond acceptors (Lipinski definition) is 7. The van der Waals surface area contributed by atoms with Crippen LogP contribution in [-0.4, -0.2) is 88.3 Å². The number of aliphatic carboxylic acids is 4. The zero-order chi connectivity index (χ0) is 15.7. The number of hydrogen-bond donors (Lipinski definition) is 3. The van der Waals surface area contributed by atoms with Crippen molar-refractivity contribution in [2.24, 2.45) is 0 Å². The molecule has 0 atom stereocenters. The molecule has 0 aliphatic heterocycles. The summed E-state index contributed by atoms with van der Waals surface area (Å²) in [4.78, 5) is 44.1. The van der Waals surface area contributed by atoms with Crippen molar-refractivity contribution in [3.05, 3.63) is 0 Å². The molecule has 0 unspecified atom stereocenters. The summed E-state index contributed by atoms with van der Waals surface area (Å²) in [6.45, 7) is -2.50. The molecule has 0 aromatic heterocycles. The Bertz CT molecular complexity index is 321. The van der Waals surface area contributed by atoms with Crippen LogP contribution >= 0.6 is 0 Å². The van der Waals surface area contributed by atoms with E-state index < -0.39 is 50.1 Å². The largest absolute Gasteiger partial charge is 1.00 e. The Kier molecular flexibility index (Phi) is 11.4. The first kappa shape index (κ1) is 21.6. The number of carboxylic acid groups (broad SMARTS) is 4. The predicted molar refractivity (Wildman–Crippen MR) is 60.8 cm³/mol. The van der Waals surface area contributed by atoms with Crippen molar-refractivity contribution < 1.29 is 56.7 Å². The molecule has 0 spiro atoms. The van der Waals surface area contributed by atoms with Crippen molar-refractivity contribution in [3.8, 4) is 0 Å². The molecular weight excluding hydrogens is 340 g/mol. The quantitative estimate of drug-likeness (QED) is 0.319. The van der Waals surface area contributed by atoms with Gasteiger partial charge in [0.1, 0.15) is 0 Å². The van der Waals surface area contributed by atoms with Crippen molar-refractivity contribution in [1.29, 1.82) is 0 Å². The van der Waals surface area contributed by atoms with E-state index in [0.717, 1.165) is 9.80 Å². The van der Waals surface area contributed by atoms with Gasteiger partial charge in [0, 0.05) is 19.6 Å². The van der Waals surface area contributed by atoms with Crippen LogP contribution in [0.2, 0.25) is 0 Å². The SMILES string of the molecule is O=C([O-])CN(CCN(CC(=O)O)CC(=O)O)CC(=O)O.[Cu+]. The molecule has 11 heteroatoms. The summed E-state index contributed by atoms with van der Waals surface area (Å²) >= 11 is 0. The number of carboxylic acids is 4. The average molecular weight is 355 g/mol. The van der Waals surface area contributed by atoms with Crippen LogP contribution in [0.5, 0.6) is 0 Å². The second-order valence-electron chi connectivity index (χ2n) is 3.97. The summed E-state index contributed by atoms with van der Waals surface area (Å²) in [5.74, 6) is -5.21. The molecule has 0 saturated heterocycles. The standard InChI is InChI=1S/C10H16N2O8.Cu/c13-7(14)3-11(4-8(15)16)1-2-12(5-9(17)18)6-10(19)20;/h1-6H2,(H,13,14)(H,15,16)(H,17,18)(H,19,20);/q;+1/p-1. The molecular formula is C10H15CuN2O8. The summed E-state index contributed by atoms with van der Waals surface area (Å²) in [5.41, 5.74) is 0. The van der Waals surface area contributed by atoms with E-state index in [-0.39, 0.29) is 30.2 Å². The molecule has 0 fully saturated rings. The summed E-state index contributed by atoms with van der Waals surface area (Å²) in [6.07, 6.45) is 0. The van der Waals surface area contributed by atoms with Gasteiger partial charge in [-0.3, -0.25) is 24.2 Å². The van der Waals surface area contributed by atoms with E-state index in [9.17, 15) is 24.3 Å². The third-order valence-corrected chi connectivity index (χ3v) is 2.16. The summed E-state index contributed by atoms with van der Waals surface area (Å²) in [7, 11) is 0. The van der Waals surface area contributed by atoms with Crippen molar-refractivity contribution >= 4 is 23.9 Å².